The molecule has 41 heavy (non-hydrogen) atoms. The molecule has 1 aliphatic heterocycles. The molecule has 3 nitrogen and oxygen atoms in total. The number of fused-ring (bicyclic) bond motifs is 2. The molecule has 0 aliphatic carbocycles. The van der Waals surface area contributed by atoms with Gasteiger partial charge in [-0.2, -0.15) is 0 Å². The Bertz CT molecular complexity index is 1180. The second-order valence-corrected chi connectivity index (χ2v) is 15.4. The Kier molecular flexibility index (Phi) is 9.15. The van der Waals surface area contributed by atoms with Crippen LogP contribution in [0.5, 0.6) is 11.5 Å². The van der Waals surface area contributed by atoms with Crippen molar-refractivity contribution >= 4 is 6.72 Å². The minimum absolute atomic E-state index is 0.0443. The van der Waals surface area contributed by atoms with Gasteiger partial charge in [0.15, 0.2) is 6.54 Å². The average molecular weight is 562 g/mol. The van der Waals surface area contributed by atoms with Crippen molar-refractivity contribution < 1.29 is 14.0 Å². The summed E-state index contributed by atoms with van der Waals surface area (Å²) in [6.07, 6.45) is 4.13. The molecule has 0 spiro atoms. The van der Waals surface area contributed by atoms with Gasteiger partial charge < -0.3 is 9.47 Å². The van der Waals surface area contributed by atoms with E-state index in [-0.39, 0.29) is 21.7 Å². The van der Waals surface area contributed by atoms with Crippen molar-refractivity contribution in [1.29, 1.82) is 0 Å². The Balaban J connectivity index is 2.34. The monoisotopic (exact) mass is 561 g/mol. The fraction of sp³-hybridized carbons (Fsp3) is 0.632. The predicted molar refractivity (Wildman–Crippen MR) is 176 cm³/mol. The lowest BCUT2D eigenvalue weighted by Gasteiger charge is -2.40. The maximum atomic E-state index is 7.02. The van der Waals surface area contributed by atoms with Crippen LogP contribution in [-0.2, 0) is 28.2 Å². The van der Waals surface area contributed by atoms with Gasteiger partial charge in [0.1, 0.15) is 5.75 Å². The van der Waals surface area contributed by atoms with Gasteiger partial charge >= 0.3 is 0 Å². The number of rotatable bonds is 8. The van der Waals surface area contributed by atoms with E-state index in [0.29, 0.717) is 6.54 Å². The van der Waals surface area contributed by atoms with E-state index in [1.807, 2.05) is 0 Å². The summed E-state index contributed by atoms with van der Waals surface area (Å²) in [5, 5.41) is 0. The van der Waals surface area contributed by atoms with Crippen LogP contribution in [0, 0.1) is 6.54 Å². The molecule has 0 unspecified atom stereocenters. The van der Waals surface area contributed by atoms with Gasteiger partial charge in [0.2, 0.25) is 5.79 Å². The predicted octanol–water partition coefficient (Wildman–Crippen LogP) is 10.4. The number of nitrogens with zero attached hydrogens (tertiary/aromatic N) is 1. The van der Waals surface area contributed by atoms with Crippen molar-refractivity contribution in [2.75, 3.05) is 0 Å². The zero-order valence-corrected chi connectivity index (χ0v) is 28.9. The zero-order valence-electron chi connectivity index (χ0n) is 28.9. The highest BCUT2D eigenvalue weighted by molar-refractivity contribution is 5.54. The Labute approximate surface area is 252 Å². The third-order valence-corrected chi connectivity index (χ3v) is 10.2. The van der Waals surface area contributed by atoms with Crippen LogP contribution in [0.25, 0.3) is 0 Å². The maximum Gasteiger partial charge on any atom is 0.236 e. The van der Waals surface area contributed by atoms with Gasteiger partial charge in [0.25, 0.3) is 0 Å². The maximum absolute atomic E-state index is 7.02. The highest BCUT2D eigenvalue weighted by Crippen LogP contribution is 2.46. The first-order valence-electron chi connectivity index (χ1n) is 15.9. The summed E-state index contributed by atoms with van der Waals surface area (Å²) >= 11 is 0. The minimum atomic E-state index is -0.887. The average Bonchev–Trinajstić information content (AvgIpc) is 2.89. The lowest BCUT2D eigenvalue weighted by Crippen LogP contribution is -2.39. The van der Waals surface area contributed by atoms with Crippen LogP contribution in [-0.4, -0.2) is 17.1 Å². The van der Waals surface area contributed by atoms with Crippen LogP contribution in [0.2, 0.25) is 0 Å². The molecule has 0 atom stereocenters. The molecule has 3 rings (SSSR count). The molecule has 0 bridgehead atoms. The van der Waals surface area contributed by atoms with E-state index in [9.17, 15) is 0 Å². The molecule has 0 radical (unpaired) electrons. The normalized spacial score (nSPS) is 16.2. The largest absolute Gasteiger partial charge is 0.499 e. The van der Waals surface area contributed by atoms with Crippen molar-refractivity contribution in [1.82, 2.24) is 0 Å². The molecule has 2 aromatic carbocycles. The smallest absolute Gasteiger partial charge is 0.236 e. The lowest BCUT2D eigenvalue weighted by molar-refractivity contribution is -0.490. The number of ether oxygens (including phenoxy) is 2. The zero-order chi connectivity index (χ0) is 31.2. The van der Waals surface area contributed by atoms with Gasteiger partial charge in [-0.1, -0.05) is 101 Å². The highest BCUT2D eigenvalue weighted by atomic mass is 16.7. The summed E-state index contributed by atoms with van der Waals surface area (Å²) < 4.78 is 16.1. The number of hydrogen-bond acceptors (Lipinski definition) is 2. The van der Waals surface area contributed by atoms with Gasteiger partial charge in [-0.15, -0.1) is 6.07 Å². The first-order valence-corrected chi connectivity index (χ1v) is 15.9. The van der Waals surface area contributed by atoms with Gasteiger partial charge in [0.05, 0.1) is 24.6 Å². The van der Waals surface area contributed by atoms with Crippen molar-refractivity contribution in [3.05, 3.63) is 64.2 Å². The molecule has 2 aromatic rings. The van der Waals surface area contributed by atoms with E-state index >= 15 is 0 Å². The first kappa shape index (κ1) is 33.1. The van der Waals surface area contributed by atoms with Crippen molar-refractivity contribution in [3.8, 4) is 11.5 Å². The van der Waals surface area contributed by atoms with Crippen LogP contribution in [0.4, 0.5) is 0 Å². The summed E-state index contributed by atoms with van der Waals surface area (Å²) in [6.45, 7) is 39.2. The van der Waals surface area contributed by atoms with E-state index in [0.717, 1.165) is 48.3 Å². The topological polar surface area (TPSA) is 21.5 Å². The Morgan fingerprint density at radius 1 is 0.683 bits per heavy atom. The van der Waals surface area contributed by atoms with Gasteiger partial charge in [-0.3, -0.25) is 4.58 Å². The van der Waals surface area contributed by atoms with Crippen LogP contribution < -0.4 is 9.47 Å². The summed E-state index contributed by atoms with van der Waals surface area (Å²) in [5.74, 6) is 0.944. The van der Waals surface area contributed by atoms with Gasteiger partial charge in [0, 0.05) is 19.4 Å². The Morgan fingerprint density at radius 2 is 1.10 bits per heavy atom. The van der Waals surface area contributed by atoms with Crippen LogP contribution in [0.15, 0.2) is 24.3 Å². The van der Waals surface area contributed by atoms with Gasteiger partial charge in [-0.25, -0.2) is 0 Å². The second-order valence-electron chi connectivity index (χ2n) is 15.4. The van der Waals surface area contributed by atoms with Crippen LogP contribution in [0.1, 0.15) is 156 Å². The minimum Gasteiger partial charge on any atom is -0.499 e. The molecule has 1 heterocycles. The summed E-state index contributed by atoms with van der Waals surface area (Å²) in [5.41, 5.74) is 7.34. The van der Waals surface area contributed by atoms with E-state index in [4.69, 9.17) is 9.47 Å². The Hall–Kier alpha value is -2.42. The first-order chi connectivity index (χ1) is 18.7. The standard InChI is InChI=1S/C38H59NO2/c1-16-34(5,6)28-20-26-24-39(15)25-27-21-29(35(7,8)17-2)23-31(37(11,12)19-4)33(27)41-38(13,14)40-32(26)30(22-28)36(9,10)18-3/h20-24H,15-19,25H2,1-14H3. The molecule has 0 saturated heterocycles. The fourth-order valence-electron chi connectivity index (χ4n) is 5.34. The van der Waals surface area contributed by atoms with E-state index in [2.05, 4.69) is 139 Å². The number of benzene rings is 2. The highest BCUT2D eigenvalue weighted by Gasteiger charge is 2.36. The van der Waals surface area contributed by atoms with Crippen molar-refractivity contribution in [2.24, 2.45) is 0 Å². The molecule has 0 fully saturated rings. The van der Waals surface area contributed by atoms with Crippen LogP contribution >= 0.6 is 0 Å². The van der Waals surface area contributed by atoms with E-state index in [1.165, 1.54) is 22.3 Å². The molecule has 3 heteroatoms. The molecule has 228 valence electrons. The summed E-state index contributed by atoms with van der Waals surface area (Å²) in [4.78, 5) is 0. The summed E-state index contributed by atoms with van der Waals surface area (Å²) in [6, 6.07) is 9.44. The van der Waals surface area contributed by atoms with E-state index in [1.54, 1.807) is 0 Å². The summed E-state index contributed by atoms with van der Waals surface area (Å²) in [7, 11) is 0. The number of hydrogen-bond donors (Lipinski definition) is 0. The molecule has 1 aliphatic rings. The fourth-order valence-corrected chi connectivity index (χ4v) is 5.34. The van der Waals surface area contributed by atoms with Gasteiger partial charge in [-0.05, 0) is 70.1 Å². The lowest BCUT2D eigenvalue weighted by atomic mass is 9.75. The van der Waals surface area contributed by atoms with E-state index < -0.39 is 5.79 Å². The van der Waals surface area contributed by atoms with Crippen LogP contribution in [0.3, 0.4) is 0 Å². The quantitative estimate of drug-likeness (QED) is 0.236. The van der Waals surface area contributed by atoms with Crippen molar-refractivity contribution in [2.45, 2.75) is 157 Å². The van der Waals surface area contributed by atoms with Crippen molar-refractivity contribution in [3.63, 3.8) is 0 Å². The second kappa shape index (κ2) is 11.3. The third-order valence-electron chi connectivity index (χ3n) is 10.2. The molecule has 0 saturated carbocycles. The third kappa shape index (κ3) is 6.81. The Morgan fingerprint density at radius 3 is 1.56 bits per heavy atom. The molecule has 0 N–H and O–H groups in total. The SMILES string of the molecule is C=[N+]1[CH-]c2cc(C(C)(C)CC)cc(C(C)(C)CC)c2OC(C)(C)Oc2c(cc(C(C)(C)CC)cc2C(C)(C)CC)C1. The molecular formula is C38H59NO2. The molecular weight excluding hydrogens is 502 g/mol. The molecule has 0 aromatic heterocycles. The molecule has 0 amide bonds.